The zero-order valence-electron chi connectivity index (χ0n) is 27.2. The first-order chi connectivity index (χ1) is 17.8. The van der Waals surface area contributed by atoms with Crippen LogP contribution < -0.4 is 0 Å². The molecule has 0 rings (SSSR count). The predicted molar refractivity (Wildman–Crippen MR) is 165 cm³/mol. The molecule has 0 spiro atoms. The van der Waals surface area contributed by atoms with Crippen LogP contribution in [0.5, 0.6) is 0 Å². The monoisotopic (exact) mass is 541 g/mol. The topological polar surface area (TPSA) is 27.7 Å². The second-order valence-corrected chi connectivity index (χ2v) is 13.3. The van der Waals surface area contributed by atoms with E-state index in [-0.39, 0.29) is 16.8 Å². The van der Waals surface area contributed by atoms with Gasteiger partial charge in [-0.25, -0.2) is 0 Å². The Morgan fingerprint density at radius 2 is 0.541 bits per heavy atom. The highest BCUT2D eigenvalue weighted by Gasteiger charge is 2.50. The lowest BCUT2D eigenvalue weighted by Crippen LogP contribution is -2.51. The molecule has 0 atom stereocenters. The lowest BCUT2D eigenvalue weighted by Gasteiger charge is -2.44. The van der Waals surface area contributed by atoms with Gasteiger partial charge in [-0.2, -0.15) is 0 Å². The van der Waals surface area contributed by atoms with E-state index >= 15 is 0 Å². The smallest absolute Gasteiger partial charge is 0.449 e. The quantitative estimate of drug-likeness (QED) is 0.0970. The molecule has 4 heteroatoms. The second-order valence-electron chi connectivity index (χ2n) is 12.0. The van der Waals surface area contributed by atoms with Gasteiger partial charge >= 0.3 is 15.1 Å². The molecule has 0 aliphatic rings. The molecule has 0 unspecified atom stereocenters. The summed E-state index contributed by atoms with van der Waals surface area (Å²) in [6.07, 6.45) is 24.3. The number of unbranched alkanes of at least 4 members (excludes halogenated alkanes) is 3. The molecule has 0 aromatic carbocycles. The van der Waals surface area contributed by atoms with Gasteiger partial charge in [-0.05, 0) is 57.8 Å². The molecular weight excluding hydrogens is 471 g/mol. The van der Waals surface area contributed by atoms with E-state index in [0.29, 0.717) is 0 Å². The van der Waals surface area contributed by atoms with Crippen molar-refractivity contribution in [3.05, 3.63) is 0 Å². The van der Waals surface area contributed by atoms with Crippen molar-refractivity contribution in [1.29, 1.82) is 0 Å². The zero-order chi connectivity index (χ0) is 28.0. The number of hydrogen-bond acceptors (Lipinski definition) is 3. The molecule has 0 aromatic heterocycles. The van der Waals surface area contributed by atoms with Gasteiger partial charge in [0.2, 0.25) is 0 Å². The molecule has 0 saturated carbocycles. The maximum absolute atomic E-state index is 7.37. The van der Waals surface area contributed by atoms with Crippen molar-refractivity contribution in [3.8, 4) is 0 Å². The predicted octanol–water partition coefficient (Wildman–Crippen LogP) is 11.6. The Hall–Kier alpha value is 0.412. The van der Waals surface area contributed by atoms with E-state index in [0.717, 1.165) is 96.3 Å². The van der Waals surface area contributed by atoms with Crippen molar-refractivity contribution in [2.24, 2.45) is 0 Å². The first-order valence-corrected chi connectivity index (χ1v) is 18.3. The normalized spacial score (nSPS) is 12.9. The van der Waals surface area contributed by atoms with E-state index in [1.165, 1.54) is 38.5 Å². The third-order valence-corrected chi connectivity index (χ3v) is 10.3. The standard InChI is InChI=1S/3C11H23O.Al/c3*1-4-7-10-11(12,8-5-2)9-6-3;/h3*4-10H2,1-3H3;/q3*-1;+3. The third-order valence-electron chi connectivity index (χ3n) is 8.23. The highest BCUT2D eigenvalue weighted by atomic mass is 27.3. The molecule has 0 aliphatic heterocycles. The van der Waals surface area contributed by atoms with E-state index in [1.807, 2.05) is 0 Å². The molecule has 0 N–H and O–H groups in total. The molecule has 0 heterocycles. The van der Waals surface area contributed by atoms with Crippen molar-refractivity contribution in [1.82, 2.24) is 0 Å². The molecule has 0 radical (unpaired) electrons. The maximum Gasteiger partial charge on any atom is 0.906 e. The van der Waals surface area contributed by atoms with Crippen LogP contribution in [0.1, 0.15) is 197 Å². The van der Waals surface area contributed by atoms with Crippen molar-refractivity contribution < 1.29 is 11.4 Å². The highest BCUT2D eigenvalue weighted by molar-refractivity contribution is 6.37. The van der Waals surface area contributed by atoms with E-state index in [2.05, 4.69) is 62.3 Å². The van der Waals surface area contributed by atoms with Gasteiger partial charge < -0.3 is 11.4 Å². The largest absolute Gasteiger partial charge is 0.906 e. The van der Waals surface area contributed by atoms with E-state index in [9.17, 15) is 0 Å². The van der Waals surface area contributed by atoms with Gasteiger partial charge in [-0.1, -0.05) is 139 Å². The van der Waals surface area contributed by atoms with Gasteiger partial charge in [0.05, 0.1) is 0 Å². The summed E-state index contributed by atoms with van der Waals surface area (Å²) >= 11 is -2.43. The van der Waals surface area contributed by atoms with Gasteiger partial charge in [-0.3, -0.25) is 0 Å². The Bertz CT molecular complexity index is 420. The van der Waals surface area contributed by atoms with Crippen LogP contribution in [-0.4, -0.2) is 32.0 Å². The van der Waals surface area contributed by atoms with Crippen molar-refractivity contribution >= 4 is 15.1 Å². The fourth-order valence-electron chi connectivity index (χ4n) is 6.57. The van der Waals surface area contributed by atoms with Crippen LogP contribution in [0.3, 0.4) is 0 Å². The Balaban J connectivity index is 6.57. The molecule has 0 amide bonds. The fourth-order valence-corrected chi connectivity index (χ4v) is 9.00. The van der Waals surface area contributed by atoms with Crippen LogP contribution in [0.15, 0.2) is 0 Å². The zero-order valence-corrected chi connectivity index (χ0v) is 28.3. The summed E-state index contributed by atoms with van der Waals surface area (Å²) in [4.78, 5) is 0. The Morgan fingerprint density at radius 3 is 0.703 bits per heavy atom. The lowest BCUT2D eigenvalue weighted by molar-refractivity contribution is -0.111. The minimum absolute atomic E-state index is 0.0970. The Kier molecular flexibility index (Phi) is 22.4. The minimum Gasteiger partial charge on any atom is -0.449 e. The molecule has 3 nitrogen and oxygen atoms in total. The second kappa shape index (κ2) is 22.1. The summed E-state index contributed by atoms with van der Waals surface area (Å²) in [6.45, 7) is 20.8. The summed E-state index contributed by atoms with van der Waals surface area (Å²) in [5.41, 5.74) is -0.291. The fraction of sp³-hybridized carbons (Fsp3) is 1.00. The highest BCUT2D eigenvalue weighted by Crippen LogP contribution is 2.39. The molecular formula is C33H69AlO3. The summed E-state index contributed by atoms with van der Waals surface area (Å²) < 4.78 is 22.1. The molecule has 0 aliphatic carbocycles. The van der Waals surface area contributed by atoms with Crippen LogP contribution in [0.25, 0.3) is 0 Å². The minimum atomic E-state index is -2.43. The van der Waals surface area contributed by atoms with E-state index < -0.39 is 15.1 Å². The van der Waals surface area contributed by atoms with Crippen LogP contribution in [-0.2, 0) is 11.4 Å². The van der Waals surface area contributed by atoms with Gasteiger partial charge in [0.15, 0.2) is 0 Å². The van der Waals surface area contributed by atoms with Crippen LogP contribution in [0, 0.1) is 0 Å². The first kappa shape index (κ1) is 37.4. The van der Waals surface area contributed by atoms with Crippen LogP contribution in [0.4, 0.5) is 0 Å². The Morgan fingerprint density at radius 1 is 0.324 bits per heavy atom. The maximum atomic E-state index is 7.37. The van der Waals surface area contributed by atoms with Crippen molar-refractivity contribution in [3.63, 3.8) is 0 Å². The molecule has 0 saturated heterocycles. The third kappa shape index (κ3) is 14.6. The van der Waals surface area contributed by atoms with Gasteiger partial charge in [-0.15, -0.1) is 0 Å². The van der Waals surface area contributed by atoms with Gasteiger partial charge in [0.25, 0.3) is 0 Å². The van der Waals surface area contributed by atoms with Crippen LogP contribution in [0.2, 0.25) is 0 Å². The lowest BCUT2D eigenvalue weighted by atomic mass is 9.87. The van der Waals surface area contributed by atoms with Gasteiger partial charge in [0.1, 0.15) is 0 Å². The van der Waals surface area contributed by atoms with E-state index in [1.54, 1.807) is 0 Å². The average molecular weight is 541 g/mol. The molecule has 37 heavy (non-hydrogen) atoms. The summed E-state index contributed by atoms with van der Waals surface area (Å²) in [7, 11) is 0. The Labute approximate surface area is 240 Å². The number of hydrogen-bond donors (Lipinski definition) is 0. The van der Waals surface area contributed by atoms with Gasteiger partial charge in [0, 0.05) is 16.8 Å². The van der Waals surface area contributed by atoms with E-state index in [4.69, 9.17) is 11.4 Å². The molecule has 0 fully saturated rings. The molecule has 0 bridgehead atoms. The summed E-state index contributed by atoms with van der Waals surface area (Å²) in [6, 6.07) is 0. The average Bonchev–Trinajstić information content (AvgIpc) is 2.86. The summed E-state index contributed by atoms with van der Waals surface area (Å²) in [5, 5.41) is 0. The van der Waals surface area contributed by atoms with Crippen molar-refractivity contribution in [2.45, 2.75) is 214 Å². The molecule has 222 valence electrons. The van der Waals surface area contributed by atoms with Crippen LogP contribution >= 0.6 is 0 Å². The SMILES string of the molecule is CCCCC(CCC)(CCC)[O][Al]([O]C(CCC)(CCC)CCCC)[O]C(CCC)(CCC)CCCC. The number of rotatable bonds is 27. The van der Waals surface area contributed by atoms with Crippen molar-refractivity contribution in [2.75, 3.05) is 0 Å². The first-order valence-electron chi connectivity index (χ1n) is 16.9. The summed E-state index contributed by atoms with van der Waals surface area (Å²) in [5.74, 6) is 0. The molecule has 0 aromatic rings.